The number of alkyl carbamates (subject to hydrolysis) is 2. The van der Waals surface area contributed by atoms with Crippen molar-refractivity contribution in [2.75, 3.05) is 27.3 Å². The quantitative estimate of drug-likeness (QED) is 0.107. The Morgan fingerprint density at radius 1 is 0.717 bits per heavy atom. The minimum atomic E-state index is -0.808. The lowest BCUT2D eigenvalue weighted by atomic mass is 9.98. The summed E-state index contributed by atoms with van der Waals surface area (Å²) in [5, 5.41) is 17.2. The molecule has 0 bridgehead atoms. The number of carbonyl (C=O) groups excluding carboxylic acids is 4. The molecule has 0 spiro atoms. The van der Waals surface area contributed by atoms with Crippen LogP contribution in [-0.2, 0) is 19.1 Å². The van der Waals surface area contributed by atoms with Crippen LogP contribution >= 0.6 is 0 Å². The molecule has 0 unspecified atom stereocenters. The molecule has 0 saturated carbocycles. The molecule has 2 fully saturated rings. The summed E-state index contributed by atoms with van der Waals surface area (Å²) in [4.78, 5) is 71.0. The number of fused-ring (bicyclic) bond motifs is 1. The fourth-order valence-corrected chi connectivity index (χ4v) is 8.24. The third-order valence-electron chi connectivity index (χ3n) is 11.6. The summed E-state index contributed by atoms with van der Waals surface area (Å²) in [7, 11) is 2.54. The van der Waals surface area contributed by atoms with E-state index in [-0.39, 0.29) is 42.2 Å². The second-order valence-corrected chi connectivity index (χ2v) is 16.2. The van der Waals surface area contributed by atoms with Crippen LogP contribution in [0, 0.1) is 29.1 Å². The maximum absolute atomic E-state index is 13.7. The number of imidazole rings is 2. The third-order valence-corrected chi connectivity index (χ3v) is 11.6. The molecule has 4 heterocycles. The minimum absolute atomic E-state index is 0.114. The summed E-state index contributed by atoms with van der Waals surface area (Å²) in [5.41, 5.74) is 5.64. The fraction of sp³-hybridized carbons (Fsp3) is 0.400. The monoisotopic (exact) mass is 813 g/mol. The van der Waals surface area contributed by atoms with Crippen molar-refractivity contribution >= 4 is 34.8 Å². The van der Waals surface area contributed by atoms with Crippen LogP contribution < -0.4 is 10.6 Å². The molecule has 4 N–H and O–H groups in total. The van der Waals surface area contributed by atoms with Gasteiger partial charge >= 0.3 is 12.2 Å². The molecule has 2 aromatic heterocycles. The summed E-state index contributed by atoms with van der Waals surface area (Å²) in [6.45, 7) is 8.33. The second kappa shape index (κ2) is 17.7. The van der Waals surface area contributed by atoms with Gasteiger partial charge in [-0.2, -0.15) is 5.26 Å². The summed E-state index contributed by atoms with van der Waals surface area (Å²) in [5.74, 6) is 0.203. The molecular formula is C45H51N9O6. The number of carbonyl (C=O) groups is 4. The first kappa shape index (κ1) is 41.5. The van der Waals surface area contributed by atoms with Gasteiger partial charge in [0.2, 0.25) is 11.8 Å². The molecular weight excluding hydrogens is 763 g/mol. The summed E-state index contributed by atoms with van der Waals surface area (Å²) in [6, 6.07) is 20.9. The predicted molar refractivity (Wildman–Crippen MR) is 225 cm³/mol. The highest BCUT2D eigenvalue weighted by Crippen LogP contribution is 2.37. The molecule has 3 aromatic carbocycles. The molecule has 2 aliphatic rings. The first-order chi connectivity index (χ1) is 28.9. The Hall–Kier alpha value is -6.69. The van der Waals surface area contributed by atoms with E-state index in [0.29, 0.717) is 18.8 Å². The fourth-order valence-electron chi connectivity index (χ4n) is 8.24. The van der Waals surface area contributed by atoms with Crippen LogP contribution in [0.15, 0.2) is 73.1 Å². The molecule has 7 rings (SSSR count). The number of ether oxygens (including phenoxy) is 2. The number of aromatic nitrogens is 4. The van der Waals surface area contributed by atoms with E-state index in [1.54, 1.807) is 16.0 Å². The van der Waals surface area contributed by atoms with Crippen LogP contribution in [-0.4, -0.2) is 93.1 Å². The zero-order valence-electron chi connectivity index (χ0n) is 34.7. The first-order valence-electron chi connectivity index (χ1n) is 20.3. The zero-order chi connectivity index (χ0) is 42.7. The number of H-pyrrole nitrogens is 2. The molecule has 15 nitrogen and oxygen atoms in total. The number of methoxy groups -OCH3 is 2. The van der Waals surface area contributed by atoms with Crippen LogP contribution in [0.25, 0.3) is 44.4 Å². The zero-order valence-corrected chi connectivity index (χ0v) is 34.7. The lowest BCUT2D eigenvalue weighted by Crippen LogP contribution is -2.51. The molecule has 5 atom stereocenters. The number of hydrogen-bond acceptors (Lipinski definition) is 9. The molecule has 0 aliphatic carbocycles. The standard InChI is InChI=1S/C45H51N9O6/c1-25(2)38(51-44(57)59-5)42(55)53-17-7-8-36(53)40-47-23-35(50-40)33-16-15-31-19-30(13-14-32(31)20-33)28-9-11-29(12-10-28)34-22-48-41(49-34)37-18-27(21-46)24-54(37)43(56)39(26(3)4)52-45(58)60-6/h9-16,19-20,22-23,25-27,36-39H,7-8,17-18,24H2,1-6H3,(H,47,50)(H,48,49)(H,51,57)(H,52,58)/t27-,36-,37-,38-,39-/m0/s1. The van der Waals surface area contributed by atoms with Gasteiger partial charge in [-0.15, -0.1) is 0 Å². The van der Waals surface area contributed by atoms with Crippen LogP contribution in [0.1, 0.15) is 70.7 Å². The number of aromatic amines is 2. The van der Waals surface area contributed by atoms with Crippen molar-refractivity contribution in [3.05, 3.63) is 84.7 Å². The van der Waals surface area contributed by atoms with Gasteiger partial charge < -0.3 is 39.9 Å². The normalized spacial score (nSPS) is 18.7. The third kappa shape index (κ3) is 8.54. The van der Waals surface area contributed by atoms with E-state index in [9.17, 15) is 24.4 Å². The van der Waals surface area contributed by atoms with Gasteiger partial charge in [-0.1, -0.05) is 76.2 Å². The Morgan fingerprint density at radius 2 is 1.22 bits per heavy atom. The van der Waals surface area contributed by atoms with E-state index in [1.807, 2.05) is 46.0 Å². The van der Waals surface area contributed by atoms with Gasteiger partial charge in [-0.3, -0.25) is 9.59 Å². The first-order valence-corrected chi connectivity index (χ1v) is 20.3. The highest BCUT2D eigenvalue weighted by atomic mass is 16.5. The van der Waals surface area contributed by atoms with Gasteiger partial charge in [0, 0.05) is 18.7 Å². The van der Waals surface area contributed by atoms with Crippen LogP contribution in [0.3, 0.4) is 0 Å². The van der Waals surface area contributed by atoms with Crippen molar-refractivity contribution in [1.29, 1.82) is 5.26 Å². The van der Waals surface area contributed by atoms with E-state index >= 15 is 0 Å². The largest absolute Gasteiger partial charge is 0.453 e. The molecule has 2 saturated heterocycles. The van der Waals surface area contributed by atoms with Gasteiger partial charge in [0.25, 0.3) is 0 Å². The number of benzene rings is 3. The van der Waals surface area contributed by atoms with Crippen LogP contribution in [0.4, 0.5) is 9.59 Å². The van der Waals surface area contributed by atoms with Gasteiger partial charge in [0.05, 0.1) is 62.1 Å². The number of nitriles is 1. The Morgan fingerprint density at radius 3 is 1.78 bits per heavy atom. The lowest BCUT2D eigenvalue weighted by molar-refractivity contribution is -0.136. The van der Waals surface area contributed by atoms with Crippen molar-refractivity contribution in [3.8, 4) is 39.7 Å². The Bertz CT molecular complexity index is 2410. The Kier molecular flexibility index (Phi) is 12.2. The molecule has 60 heavy (non-hydrogen) atoms. The lowest BCUT2D eigenvalue weighted by Gasteiger charge is -2.30. The molecule has 312 valence electrons. The molecule has 4 amide bonds. The van der Waals surface area contributed by atoms with Gasteiger partial charge in [0.1, 0.15) is 23.7 Å². The van der Waals surface area contributed by atoms with Crippen LogP contribution in [0.5, 0.6) is 0 Å². The Labute approximate surface area is 348 Å². The van der Waals surface area contributed by atoms with Crippen molar-refractivity contribution in [2.24, 2.45) is 17.8 Å². The van der Waals surface area contributed by atoms with Gasteiger partial charge in [-0.05, 0) is 70.7 Å². The Balaban J connectivity index is 1.04. The van der Waals surface area contributed by atoms with Crippen molar-refractivity contribution in [2.45, 2.75) is 71.1 Å². The number of hydrogen-bond donors (Lipinski definition) is 4. The van der Waals surface area contributed by atoms with Crippen molar-refractivity contribution in [3.63, 3.8) is 0 Å². The van der Waals surface area contributed by atoms with Gasteiger partial charge in [-0.25, -0.2) is 19.6 Å². The topological polar surface area (TPSA) is 198 Å². The maximum Gasteiger partial charge on any atom is 0.407 e. The smallest absolute Gasteiger partial charge is 0.407 e. The van der Waals surface area contributed by atoms with Crippen LogP contribution in [0.2, 0.25) is 0 Å². The van der Waals surface area contributed by atoms with Crippen molar-refractivity contribution in [1.82, 2.24) is 40.4 Å². The molecule has 5 aromatic rings. The number of amides is 4. The summed E-state index contributed by atoms with van der Waals surface area (Å²) in [6.07, 6.45) is 4.28. The number of nitrogens with zero attached hydrogens (tertiary/aromatic N) is 5. The average Bonchev–Trinajstić information content (AvgIpc) is 4.10. The predicted octanol–water partition coefficient (Wildman–Crippen LogP) is 7.12. The highest BCUT2D eigenvalue weighted by molar-refractivity contribution is 5.91. The van der Waals surface area contributed by atoms with Gasteiger partial charge in [0.15, 0.2) is 0 Å². The molecule has 2 aliphatic heterocycles. The SMILES string of the molecule is COC(=O)N[C@H](C(=O)N1CCC[C@H]1c1ncc(-c2ccc3cc(-c4ccc(-c5cnc([C@@H]6C[C@@H](C#N)CN6C(=O)[C@@H](NC(=O)OC)C(C)C)[nH]5)cc4)ccc3c2)[nH]1)C(C)C. The highest BCUT2D eigenvalue weighted by Gasteiger charge is 2.42. The number of likely N-dealkylation sites (tertiary alicyclic amines) is 2. The van der Waals surface area contributed by atoms with Crippen molar-refractivity contribution < 1.29 is 28.7 Å². The summed E-state index contributed by atoms with van der Waals surface area (Å²) >= 11 is 0. The average molecular weight is 814 g/mol. The van der Waals surface area contributed by atoms with E-state index < -0.39 is 30.3 Å². The number of nitrogens with one attached hydrogen (secondary N) is 4. The van der Waals surface area contributed by atoms with E-state index in [4.69, 9.17) is 14.5 Å². The molecule has 0 radical (unpaired) electrons. The summed E-state index contributed by atoms with van der Waals surface area (Å²) < 4.78 is 9.52. The minimum Gasteiger partial charge on any atom is -0.453 e. The maximum atomic E-state index is 13.7. The second-order valence-electron chi connectivity index (χ2n) is 16.2. The van der Waals surface area contributed by atoms with E-state index in [2.05, 4.69) is 80.2 Å². The van der Waals surface area contributed by atoms with E-state index in [1.165, 1.54) is 14.2 Å². The molecule has 15 heteroatoms. The van der Waals surface area contributed by atoms with E-state index in [0.717, 1.165) is 63.1 Å². The number of rotatable bonds is 11.